The fourth-order valence-electron chi connectivity index (χ4n) is 3.62. The first-order valence-corrected chi connectivity index (χ1v) is 13.9. The van der Waals surface area contributed by atoms with E-state index in [-0.39, 0.29) is 0 Å². The maximum atomic E-state index is 10.8. The molecule has 1 fully saturated rings. The fourth-order valence-corrected chi connectivity index (χ4v) is 3.62. The standard InChI is InChI=1S/C22H27NO.2ClH.Ti/c24-22-19(17-23-20-14-8-5-9-15-20)13-10-16-21(22)18-11-6-3-1-2-4-7-12-18;;;/h5,8-10,13-18,24H,1-4,6-7,11-12H2;2*1H;/q;;;+2/p-2. The molecule has 2 aromatic carbocycles. The summed E-state index contributed by atoms with van der Waals surface area (Å²) in [6, 6.07) is 16.0. The number of halogens is 2. The SMILES string of the molecule is Oc1c(C=Nc2ccccc2)cccc1C1CCCCCCCC1.[Cl][Ti][Cl]. The van der Waals surface area contributed by atoms with Gasteiger partial charge in [-0.1, -0.05) is 68.9 Å². The van der Waals surface area contributed by atoms with Crippen molar-refractivity contribution in [1.29, 1.82) is 0 Å². The maximum absolute atomic E-state index is 10.8. The fraction of sp³-hybridized carbons (Fsp3) is 0.409. The van der Waals surface area contributed by atoms with Gasteiger partial charge in [0.1, 0.15) is 5.75 Å². The predicted octanol–water partition coefficient (Wildman–Crippen LogP) is 7.74. The molecule has 0 unspecified atom stereocenters. The molecule has 0 aliphatic heterocycles. The van der Waals surface area contributed by atoms with Crippen LogP contribution in [0.4, 0.5) is 5.69 Å². The molecule has 1 N–H and O–H groups in total. The molecule has 0 heterocycles. The van der Waals surface area contributed by atoms with E-state index < -0.39 is 17.0 Å². The third-order valence-corrected chi connectivity index (χ3v) is 5.00. The van der Waals surface area contributed by atoms with Crippen molar-refractivity contribution in [2.75, 3.05) is 0 Å². The molecule has 3 rings (SSSR count). The Morgan fingerprint density at radius 1 is 0.852 bits per heavy atom. The van der Waals surface area contributed by atoms with E-state index in [9.17, 15) is 5.11 Å². The summed E-state index contributed by atoms with van der Waals surface area (Å²) in [5, 5.41) is 10.8. The van der Waals surface area contributed by atoms with Gasteiger partial charge < -0.3 is 5.11 Å². The minimum absolute atomic E-state index is 0.418. The number of hydrogen-bond acceptors (Lipinski definition) is 2. The number of phenolic OH excluding ortho intramolecular Hbond substituents is 1. The van der Waals surface area contributed by atoms with Gasteiger partial charge >= 0.3 is 35.6 Å². The van der Waals surface area contributed by atoms with Crippen LogP contribution in [0.2, 0.25) is 0 Å². The molecule has 0 bridgehead atoms. The van der Waals surface area contributed by atoms with Crippen molar-refractivity contribution in [2.45, 2.75) is 57.3 Å². The summed E-state index contributed by atoms with van der Waals surface area (Å²) in [4.78, 5) is 4.49. The quantitative estimate of drug-likeness (QED) is 0.384. The predicted molar refractivity (Wildman–Crippen MR) is 113 cm³/mol. The molecule has 5 heteroatoms. The Morgan fingerprint density at radius 2 is 1.44 bits per heavy atom. The van der Waals surface area contributed by atoms with E-state index in [1.807, 2.05) is 42.5 Å². The van der Waals surface area contributed by atoms with Crippen LogP contribution in [0.1, 0.15) is 68.4 Å². The van der Waals surface area contributed by atoms with Crippen LogP contribution >= 0.6 is 18.6 Å². The van der Waals surface area contributed by atoms with E-state index >= 15 is 0 Å². The molecule has 1 aliphatic carbocycles. The Balaban J connectivity index is 0.000000817. The summed E-state index contributed by atoms with van der Waals surface area (Å²) in [6.07, 6.45) is 12.1. The molecule has 2 nitrogen and oxygen atoms in total. The summed E-state index contributed by atoms with van der Waals surface area (Å²) in [6.45, 7) is 0. The average molecular weight is 440 g/mol. The van der Waals surface area contributed by atoms with Gasteiger partial charge in [0.05, 0.1) is 5.69 Å². The van der Waals surface area contributed by atoms with Gasteiger partial charge in [-0.3, -0.25) is 4.99 Å². The first-order chi connectivity index (χ1) is 13.3. The van der Waals surface area contributed by atoms with Crippen LogP contribution < -0.4 is 0 Å². The van der Waals surface area contributed by atoms with E-state index in [1.54, 1.807) is 6.21 Å². The van der Waals surface area contributed by atoms with E-state index in [1.165, 1.54) is 51.4 Å². The molecule has 0 saturated heterocycles. The monoisotopic (exact) mass is 439 g/mol. The van der Waals surface area contributed by atoms with Crippen LogP contribution in [0.25, 0.3) is 0 Å². The second kappa shape index (κ2) is 13.4. The van der Waals surface area contributed by atoms with Crippen LogP contribution in [0, 0.1) is 0 Å². The number of benzene rings is 2. The number of para-hydroxylation sites is 2. The van der Waals surface area contributed by atoms with Gasteiger partial charge in [0, 0.05) is 11.8 Å². The first kappa shape index (κ1) is 22.5. The van der Waals surface area contributed by atoms with Crippen molar-refractivity contribution in [1.82, 2.24) is 0 Å². The number of aromatic hydroxyl groups is 1. The van der Waals surface area contributed by atoms with Gasteiger partial charge in [0.15, 0.2) is 0 Å². The van der Waals surface area contributed by atoms with Crippen molar-refractivity contribution in [2.24, 2.45) is 4.99 Å². The molecule has 0 aromatic heterocycles. The average Bonchev–Trinajstić information content (AvgIpc) is 2.83. The van der Waals surface area contributed by atoms with Gasteiger partial charge in [-0.05, 0) is 42.5 Å². The van der Waals surface area contributed by atoms with E-state index in [4.69, 9.17) is 18.6 Å². The van der Waals surface area contributed by atoms with Crippen LogP contribution in [0.3, 0.4) is 0 Å². The Labute approximate surface area is 179 Å². The summed E-state index contributed by atoms with van der Waals surface area (Å²) < 4.78 is 0. The summed E-state index contributed by atoms with van der Waals surface area (Å²) in [7, 11) is 9.78. The molecule has 0 amide bonds. The third kappa shape index (κ3) is 7.99. The van der Waals surface area contributed by atoms with Crippen LogP contribution in [-0.4, -0.2) is 11.3 Å². The zero-order chi connectivity index (χ0) is 19.3. The molecule has 1 aliphatic rings. The Hall–Kier alpha value is -0.796. The molecule has 27 heavy (non-hydrogen) atoms. The van der Waals surface area contributed by atoms with Crippen LogP contribution in [-0.2, 0) is 17.0 Å². The summed E-state index contributed by atoms with van der Waals surface area (Å²) in [5.74, 6) is 0.898. The molecule has 144 valence electrons. The molecule has 1 saturated carbocycles. The van der Waals surface area contributed by atoms with Crippen molar-refractivity contribution in [3.8, 4) is 5.75 Å². The Bertz CT molecular complexity index is 684. The first-order valence-electron chi connectivity index (χ1n) is 9.63. The van der Waals surface area contributed by atoms with Gasteiger partial charge in [-0.15, -0.1) is 0 Å². The Kier molecular flexibility index (Phi) is 11.2. The normalized spacial score (nSPS) is 15.9. The minimum atomic E-state index is -0.556. The van der Waals surface area contributed by atoms with Gasteiger partial charge in [-0.25, -0.2) is 0 Å². The second-order valence-corrected chi connectivity index (χ2v) is 9.42. The van der Waals surface area contributed by atoms with Crippen LogP contribution in [0.15, 0.2) is 53.5 Å². The Morgan fingerprint density at radius 3 is 2.07 bits per heavy atom. The zero-order valence-electron chi connectivity index (χ0n) is 15.6. The number of phenols is 1. The van der Waals surface area contributed by atoms with Crippen molar-refractivity contribution in [3.05, 3.63) is 59.7 Å². The van der Waals surface area contributed by atoms with E-state index in [0.29, 0.717) is 11.7 Å². The number of nitrogens with zero attached hydrogens (tertiary/aromatic N) is 1. The van der Waals surface area contributed by atoms with E-state index in [0.717, 1.165) is 16.8 Å². The topological polar surface area (TPSA) is 32.6 Å². The molecular formula is C22H27Cl2NOTi. The summed E-state index contributed by atoms with van der Waals surface area (Å²) >= 11 is -0.556. The second-order valence-electron chi connectivity index (χ2n) is 6.85. The van der Waals surface area contributed by atoms with Gasteiger partial charge in [-0.2, -0.15) is 0 Å². The van der Waals surface area contributed by atoms with Crippen molar-refractivity contribution in [3.63, 3.8) is 0 Å². The molecular weight excluding hydrogens is 413 g/mol. The van der Waals surface area contributed by atoms with E-state index in [2.05, 4.69) is 11.1 Å². The number of rotatable bonds is 3. The molecule has 2 aromatic rings. The molecule has 0 radical (unpaired) electrons. The van der Waals surface area contributed by atoms with Crippen molar-refractivity contribution < 1.29 is 22.1 Å². The van der Waals surface area contributed by atoms with Crippen LogP contribution in [0.5, 0.6) is 5.75 Å². The van der Waals surface area contributed by atoms with Gasteiger partial charge in [0.2, 0.25) is 0 Å². The van der Waals surface area contributed by atoms with Gasteiger partial charge in [0.25, 0.3) is 0 Å². The number of hydrogen-bond donors (Lipinski definition) is 1. The zero-order valence-corrected chi connectivity index (χ0v) is 18.7. The summed E-state index contributed by atoms with van der Waals surface area (Å²) in [5.41, 5.74) is 2.83. The molecule has 0 spiro atoms. The molecule has 0 atom stereocenters. The van der Waals surface area contributed by atoms with Crippen molar-refractivity contribution >= 4 is 30.5 Å². The third-order valence-electron chi connectivity index (χ3n) is 5.00. The number of aliphatic imine (C=N–C) groups is 1.